The van der Waals surface area contributed by atoms with E-state index in [-0.39, 0.29) is 12.3 Å². The van der Waals surface area contributed by atoms with Gasteiger partial charge in [0.15, 0.2) is 0 Å². The summed E-state index contributed by atoms with van der Waals surface area (Å²) in [4.78, 5) is 27.7. The first-order chi connectivity index (χ1) is 6.75. The van der Waals surface area contributed by atoms with Crippen LogP contribution in [0.25, 0.3) is 0 Å². The zero-order valence-electron chi connectivity index (χ0n) is 7.65. The smallest absolute Gasteiger partial charge is 0.349 e. The fourth-order valence-electron chi connectivity index (χ4n) is 1.50. The van der Waals surface area contributed by atoms with Gasteiger partial charge in [-0.1, -0.05) is 0 Å². The molecule has 0 bridgehead atoms. The molecule has 0 unspecified atom stereocenters. The minimum atomic E-state index is -0.567. The molecule has 2 heterocycles. The van der Waals surface area contributed by atoms with Gasteiger partial charge in [-0.2, -0.15) is 4.99 Å². The van der Waals surface area contributed by atoms with Crippen molar-refractivity contribution in [1.29, 1.82) is 0 Å². The number of amidine groups is 1. The first kappa shape index (κ1) is 9.14. The van der Waals surface area contributed by atoms with Gasteiger partial charge in [-0.25, -0.2) is 4.79 Å². The Hall–Kier alpha value is -1.43. The standard InChI is InChI=1S/C8H11N3O3/c12-7-5-6(9-8(13)10-7)11-1-3-14-4-2-11/h1-5H2,(H,10,12,13). The van der Waals surface area contributed by atoms with Crippen LogP contribution in [0.4, 0.5) is 4.79 Å². The third kappa shape index (κ3) is 1.90. The molecule has 0 aromatic heterocycles. The maximum atomic E-state index is 11.1. The summed E-state index contributed by atoms with van der Waals surface area (Å²) in [7, 11) is 0. The average molecular weight is 197 g/mol. The van der Waals surface area contributed by atoms with E-state index in [1.807, 2.05) is 4.90 Å². The average Bonchev–Trinajstić information content (AvgIpc) is 2.18. The van der Waals surface area contributed by atoms with Crippen LogP contribution in [0.1, 0.15) is 6.42 Å². The third-order valence-corrected chi connectivity index (χ3v) is 2.17. The Labute approximate surface area is 80.9 Å². The van der Waals surface area contributed by atoms with Crippen LogP contribution in [-0.2, 0) is 9.53 Å². The fraction of sp³-hybridized carbons (Fsp3) is 0.625. The number of imide groups is 1. The SMILES string of the molecule is O=C1CC(N2CCOCC2)=NC(=O)N1. The van der Waals surface area contributed by atoms with Crippen LogP contribution in [0.3, 0.4) is 0 Å². The molecule has 0 spiro atoms. The molecule has 0 radical (unpaired) electrons. The Kier molecular flexibility index (Phi) is 2.45. The van der Waals surface area contributed by atoms with E-state index < -0.39 is 6.03 Å². The third-order valence-electron chi connectivity index (χ3n) is 2.17. The van der Waals surface area contributed by atoms with Crippen molar-refractivity contribution in [2.75, 3.05) is 26.3 Å². The van der Waals surface area contributed by atoms with Gasteiger partial charge in [0.1, 0.15) is 5.84 Å². The van der Waals surface area contributed by atoms with Gasteiger partial charge >= 0.3 is 6.03 Å². The van der Waals surface area contributed by atoms with Gasteiger partial charge in [0.2, 0.25) is 5.91 Å². The van der Waals surface area contributed by atoms with E-state index in [9.17, 15) is 9.59 Å². The Morgan fingerprint density at radius 3 is 2.64 bits per heavy atom. The maximum absolute atomic E-state index is 11.1. The highest BCUT2D eigenvalue weighted by Crippen LogP contribution is 2.05. The number of aliphatic imine (C=N–C) groups is 1. The minimum Gasteiger partial charge on any atom is -0.378 e. The normalized spacial score (nSPS) is 23.1. The molecular weight excluding hydrogens is 186 g/mol. The number of hydrogen-bond donors (Lipinski definition) is 1. The quantitative estimate of drug-likeness (QED) is 0.560. The molecule has 2 rings (SSSR count). The molecule has 0 aromatic rings. The van der Waals surface area contributed by atoms with Crippen molar-refractivity contribution in [3.8, 4) is 0 Å². The van der Waals surface area contributed by atoms with Crippen LogP contribution in [-0.4, -0.2) is 49.0 Å². The van der Waals surface area contributed by atoms with Gasteiger partial charge < -0.3 is 9.64 Å². The summed E-state index contributed by atoms with van der Waals surface area (Å²) in [6.07, 6.45) is 0.186. The predicted octanol–water partition coefficient (Wildman–Crippen LogP) is -0.643. The maximum Gasteiger partial charge on any atom is 0.349 e. The number of amides is 3. The summed E-state index contributed by atoms with van der Waals surface area (Å²) in [5.41, 5.74) is 0. The number of nitrogens with one attached hydrogen (secondary N) is 1. The molecule has 1 N–H and O–H groups in total. The van der Waals surface area contributed by atoms with Crippen molar-refractivity contribution in [2.24, 2.45) is 4.99 Å². The lowest BCUT2D eigenvalue weighted by Gasteiger charge is -2.30. The topological polar surface area (TPSA) is 71.0 Å². The number of carbonyl (C=O) groups is 2. The summed E-state index contributed by atoms with van der Waals surface area (Å²) in [6.45, 7) is 2.63. The molecule has 2 aliphatic rings. The van der Waals surface area contributed by atoms with Crippen LogP contribution < -0.4 is 5.32 Å². The lowest BCUT2D eigenvalue weighted by molar-refractivity contribution is -0.119. The van der Waals surface area contributed by atoms with Crippen molar-refractivity contribution >= 4 is 17.8 Å². The molecule has 0 aliphatic carbocycles. The molecule has 0 aromatic carbocycles. The second-order valence-electron chi connectivity index (χ2n) is 3.16. The van der Waals surface area contributed by atoms with E-state index in [0.717, 1.165) is 0 Å². The number of hydrogen-bond acceptors (Lipinski definition) is 4. The second-order valence-corrected chi connectivity index (χ2v) is 3.16. The Balaban J connectivity index is 2.08. The van der Waals surface area contributed by atoms with Gasteiger partial charge in [-0.3, -0.25) is 10.1 Å². The molecule has 0 saturated carbocycles. The second kappa shape index (κ2) is 3.75. The predicted molar refractivity (Wildman–Crippen MR) is 48.0 cm³/mol. The number of urea groups is 1. The largest absolute Gasteiger partial charge is 0.378 e. The van der Waals surface area contributed by atoms with E-state index in [1.54, 1.807) is 0 Å². The lowest BCUT2D eigenvalue weighted by Crippen LogP contribution is -2.46. The molecule has 14 heavy (non-hydrogen) atoms. The molecule has 1 fully saturated rings. The van der Waals surface area contributed by atoms with Crippen molar-refractivity contribution in [3.05, 3.63) is 0 Å². The molecule has 6 heteroatoms. The van der Waals surface area contributed by atoms with E-state index in [2.05, 4.69) is 10.3 Å². The van der Waals surface area contributed by atoms with Crippen molar-refractivity contribution < 1.29 is 14.3 Å². The lowest BCUT2D eigenvalue weighted by atomic mass is 10.3. The van der Waals surface area contributed by atoms with E-state index in [1.165, 1.54) is 0 Å². The molecule has 3 amide bonds. The Bertz CT molecular complexity index is 294. The van der Waals surface area contributed by atoms with Crippen molar-refractivity contribution in [3.63, 3.8) is 0 Å². The minimum absolute atomic E-state index is 0.186. The highest BCUT2D eigenvalue weighted by molar-refractivity contribution is 6.13. The summed E-state index contributed by atoms with van der Waals surface area (Å²) in [5.74, 6) is 0.272. The summed E-state index contributed by atoms with van der Waals surface area (Å²) in [5, 5.41) is 2.13. The summed E-state index contributed by atoms with van der Waals surface area (Å²) < 4.78 is 5.16. The highest BCUT2D eigenvalue weighted by Gasteiger charge is 2.23. The van der Waals surface area contributed by atoms with Gasteiger partial charge in [-0.05, 0) is 0 Å². The van der Waals surface area contributed by atoms with Gasteiger partial charge in [0.25, 0.3) is 0 Å². The van der Waals surface area contributed by atoms with Gasteiger partial charge in [-0.15, -0.1) is 0 Å². The molecule has 76 valence electrons. The van der Waals surface area contributed by atoms with E-state index in [0.29, 0.717) is 32.1 Å². The zero-order valence-corrected chi connectivity index (χ0v) is 7.65. The van der Waals surface area contributed by atoms with Crippen LogP contribution in [0.2, 0.25) is 0 Å². The fourth-order valence-corrected chi connectivity index (χ4v) is 1.50. The van der Waals surface area contributed by atoms with Gasteiger partial charge in [0, 0.05) is 13.1 Å². The van der Waals surface area contributed by atoms with Gasteiger partial charge in [0.05, 0.1) is 19.6 Å². The van der Waals surface area contributed by atoms with Crippen LogP contribution in [0.15, 0.2) is 4.99 Å². The Morgan fingerprint density at radius 2 is 2.00 bits per heavy atom. The first-order valence-corrected chi connectivity index (χ1v) is 4.50. The van der Waals surface area contributed by atoms with Crippen molar-refractivity contribution in [2.45, 2.75) is 6.42 Å². The Morgan fingerprint density at radius 1 is 1.29 bits per heavy atom. The zero-order chi connectivity index (χ0) is 9.97. The number of nitrogens with zero attached hydrogens (tertiary/aromatic N) is 2. The summed E-state index contributed by atoms with van der Waals surface area (Å²) in [6, 6.07) is -0.567. The van der Waals surface area contributed by atoms with Crippen LogP contribution >= 0.6 is 0 Å². The summed E-state index contributed by atoms with van der Waals surface area (Å²) >= 11 is 0. The number of ether oxygens (including phenoxy) is 1. The monoisotopic (exact) mass is 197 g/mol. The highest BCUT2D eigenvalue weighted by atomic mass is 16.5. The van der Waals surface area contributed by atoms with Crippen LogP contribution in [0, 0.1) is 0 Å². The molecule has 6 nitrogen and oxygen atoms in total. The number of rotatable bonds is 0. The van der Waals surface area contributed by atoms with E-state index >= 15 is 0 Å². The van der Waals surface area contributed by atoms with Crippen LogP contribution in [0.5, 0.6) is 0 Å². The molecule has 0 atom stereocenters. The van der Waals surface area contributed by atoms with E-state index in [4.69, 9.17) is 4.74 Å². The van der Waals surface area contributed by atoms with Crippen molar-refractivity contribution in [1.82, 2.24) is 10.2 Å². The number of carbonyl (C=O) groups excluding carboxylic acids is 2. The number of morpholine rings is 1. The first-order valence-electron chi connectivity index (χ1n) is 4.50. The molecular formula is C8H11N3O3. The molecule has 2 aliphatic heterocycles. The molecule has 1 saturated heterocycles.